The maximum atomic E-state index is 10.7. The Morgan fingerprint density at radius 3 is 2.58 bits per heavy atom. The lowest BCUT2D eigenvalue weighted by Gasteiger charge is -2.04. The normalized spacial score (nSPS) is 9.75. The lowest BCUT2D eigenvalue weighted by atomic mass is 10.1. The highest BCUT2D eigenvalue weighted by atomic mass is 16.3. The number of aryl methyl sites for hydroxylation is 1. The standard InChI is InChI=1S/C8H10N2O2/c1-4-2-5(9)3-6(7(4)11)8(10)12/h2-3,11H,9H2,1H3,(H2,10,12). The first-order valence-corrected chi connectivity index (χ1v) is 3.41. The molecule has 1 rings (SSSR count). The maximum absolute atomic E-state index is 10.7. The number of phenols is 1. The van der Waals surface area contributed by atoms with E-state index in [1.807, 2.05) is 0 Å². The highest BCUT2D eigenvalue weighted by Crippen LogP contribution is 2.24. The molecule has 0 spiro atoms. The Morgan fingerprint density at radius 2 is 2.08 bits per heavy atom. The fraction of sp³-hybridized carbons (Fsp3) is 0.125. The van der Waals surface area contributed by atoms with Crippen molar-refractivity contribution < 1.29 is 9.90 Å². The van der Waals surface area contributed by atoms with E-state index in [4.69, 9.17) is 11.5 Å². The van der Waals surface area contributed by atoms with Gasteiger partial charge in [0.25, 0.3) is 5.91 Å². The number of rotatable bonds is 1. The van der Waals surface area contributed by atoms with Crippen LogP contribution in [0.5, 0.6) is 5.75 Å². The van der Waals surface area contributed by atoms with Crippen molar-refractivity contribution in [2.45, 2.75) is 6.92 Å². The summed E-state index contributed by atoms with van der Waals surface area (Å²) in [6, 6.07) is 2.92. The van der Waals surface area contributed by atoms with Crippen LogP contribution >= 0.6 is 0 Å². The van der Waals surface area contributed by atoms with Gasteiger partial charge in [-0.25, -0.2) is 0 Å². The fourth-order valence-electron chi connectivity index (χ4n) is 0.995. The summed E-state index contributed by atoms with van der Waals surface area (Å²) < 4.78 is 0. The summed E-state index contributed by atoms with van der Waals surface area (Å²) in [5.41, 5.74) is 11.5. The lowest BCUT2D eigenvalue weighted by Crippen LogP contribution is -2.12. The highest BCUT2D eigenvalue weighted by Gasteiger charge is 2.09. The Kier molecular flexibility index (Phi) is 1.91. The molecule has 4 heteroatoms. The second-order valence-electron chi connectivity index (χ2n) is 2.60. The molecule has 0 aliphatic carbocycles. The van der Waals surface area contributed by atoms with E-state index in [1.165, 1.54) is 6.07 Å². The van der Waals surface area contributed by atoms with Gasteiger partial charge in [-0.05, 0) is 24.6 Å². The molecule has 0 radical (unpaired) electrons. The van der Waals surface area contributed by atoms with Gasteiger partial charge in [0.05, 0.1) is 5.56 Å². The third-order valence-electron chi connectivity index (χ3n) is 1.59. The number of carbonyl (C=O) groups is 1. The molecule has 5 N–H and O–H groups in total. The van der Waals surface area contributed by atoms with E-state index < -0.39 is 5.91 Å². The highest BCUT2D eigenvalue weighted by molar-refractivity contribution is 5.96. The third-order valence-corrected chi connectivity index (χ3v) is 1.59. The maximum Gasteiger partial charge on any atom is 0.252 e. The largest absolute Gasteiger partial charge is 0.507 e. The summed E-state index contributed by atoms with van der Waals surface area (Å²) in [6.07, 6.45) is 0. The third kappa shape index (κ3) is 1.32. The lowest BCUT2D eigenvalue weighted by molar-refractivity contribution is 0.0997. The SMILES string of the molecule is Cc1cc(N)cc(C(N)=O)c1O. The molecule has 64 valence electrons. The van der Waals surface area contributed by atoms with Crippen molar-refractivity contribution >= 4 is 11.6 Å². The van der Waals surface area contributed by atoms with Gasteiger partial charge in [-0.1, -0.05) is 0 Å². The zero-order valence-electron chi connectivity index (χ0n) is 6.66. The van der Waals surface area contributed by atoms with Crippen LogP contribution in [0, 0.1) is 6.92 Å². The monoisotopic (exact) mass is 166 g/mol. The number of aromatic hydroxyl groups is 1. The second-order valence-corrected chi connectivity index (χ2v) is 2.60. The summed E-state index contributed by atoms with van der Waals surface area (Å²) in [5, 5.41) is 9.34. The number of primary amides is 1. The number of benzene rings is 1. The Balaban J connectivity index is 3.37. The van der Waals surface area contributed by atoms with Crippen LogP contribution in [0.2, 0.25) is 0 Å². The van der Waals surface area contributed by atoms with Gasteiger partial charge in [0.15, 0.2) is 0 Å². The Labute approximate surface area is 69.8 Å². The molecule has 0 bridgehead atoms. The minimum absolute atomic E-state index is 0.0625. The average Bonchev–Trinajstić information content (AvgIpc) is 1.96. The second kappa shape index (κ2) is 2.73. The van der Waals surface area contributed by atoms with E-state index in [0.717, 1.165) is 0 Å². The summed E-state index contributed by atoms with van der Waals surface area (Å²) in [4.78, 5) is 10.7. The van der Waals surface area contributed by atoms with Crippen LogP contribution in [0.25, 0.3) is 0 Å². The van der Waals surface area contributed by atoms with Gasteiger partial charge in [-0.2, -0.15) is 0 Å². The first-order valence-electron chi connectivity index (χ1n) is 3.41. The summed E-state index contributed by atoms with van der Waals surface area (Å²) in [5.74, 6) is -0.778. The predicted molar refractivity (Wildman–Crippen MR) is 45.8 cm³/mol. The zero-order chi connectivity index (χ0) is 9.30. The Hall–Kier alpha value is -1.71. The number of carbonyl (C=O) groups excluding carboxylic acids is 1. The van der Waals surface area contributed by atoms with E-state index in [9.17, 15) is 9.90 Å². The van der Waals surface area contributed by atoms with E-state index in [0.29, 0.717) is 11.3 Å². The zero-order valence-corrected chi connectivity index (χ0v) is 6.66. The quantitative estimate of drug-likeness (QED) is 0.416. The Bertz CT molecular complexity index is 334. The van der Waals surface area contributed by atoms with Crippen LogP contribution in [0.4, 0.5) is 5.69 Å². The molecule has 12 heavy (non-hydrogen) atoms. The molecule has 0 aromatic heterocycles. The molecule has 0 saturated heterocycles. The summed E-state index contributed by atoms with van der Waals surface area (Å²) in [6.45, 7) is 1.65. The number of hydrogen-bond donors (Lipinski definition) is 3. The summed E-state index contributed by atoms with van der Waals surface area (Å²) >= 11 is 0. The van der Waals surface area contributed by atoms with Gasteiger partial charge in [-0.3, -0.25) is 4.79 Å². The number of nitrogens with two attached hydrogens (primary N) is 2. The van der Waals surface area contributed by atoms with E-state index in [2.05, 4.69) is 0 Å². The van der Waals surface area contributed by atoms with Gasteiger partial charge >= 0.3 is 0 Å². The molecule has 0 fully saturated rings. The van der Waals surface area contributed by atoms with E-state index in [1.54, 1.807) is 13.0 Å². The molecular weight excluding hydrogens is 156 g/mol. The number of anilines is 1. The molecule has 4 nitrogen and oxygen atoms in total. The molecular formula is C8H10N2O2. The van der Waals surface area contributed by atoms with Crippen LogP contribution in [-0.4, -0.2) is 11.0 Å². The predicted octanol–water partition coefficient (Wildman–Crippen LogP) is 0.382. The topological polar surface area (TPSA) is 89.3 Å². The first-order chi connectivity index (χ1) is 5.52. The van der Waals surface area contributed by atoms with Gasteiger partial charge in [0, 0.05) is 5.69 Å². The minimum Gasteiger partial charge on any atom is -0.507 e. The molecule has 0 aliphatic heterocycles. The van der Waals surface area contributed by atoms with Crippen LogP contribution in [0.15, 0.2) is 12.1 Å². The van der Waals surface area contributed by atoms with Gasteiger partial charge < -0.3 is 16.6 Å². The van der Waals surface area contributed by atoms with Gasteiger partial charge in [0.1, 0.15) is 5.75 Å². The first kappa shape index (κ1) is 8.39. The van der Waals surface area contributed by atoms with Crippen LogP contribution < -0.4 is 11.5 Å². The van der Waals surface area contributed by atoms with Crippen LogP contribution in [0.1, 0.15) is 15.9 Å². The molecule has 0 unspecified atom stereocenters. The van der Waals surface area contributed by atoms with Crippen LogP contribution in [-0.2, 0) is 0 Å². The minimum atomic E-state index is -0.678. The van der Waals surface area contributed by atoms with Gasteiger partial charge in [-0.15, -0.1) is 0 Å². The Morgan fingerprint density at radius 1 is 1.50 bits per heavy atom. The van der Waals surface area contributed by atoms with Crippen molar-refractivity contribution in [2.75, 3.05) is 5.73 Å². The number of hydrogen-bond acceptors (Lipinski definition) is 3. The van der Waals surface area contributed by atoms with E-state index >= 15 is 0 Å². The summed E-state index contributed by atoms with van der Waals surface area (Å²) in [7, 11) is 0. The van der Waals surface area contributed by atoms with Crippen LogP contribution in [0.3, 0.4) is 0 Å². The van der Waals surface area contributed by atoms with Crippen molar-refractivity contribution in [2.24, 2.45) is 5.73 Å². The van der Waals surface area contributed by atoms with E-state index in [-0.39, 0.29) is 11.3 Å². The molecule has 1 amide bonds. The molecule has 1 aromatic rings. The molecule has 0 atom stereocenters. The van der Waals surface area contributed by atoms with Crippen molar-refractivity contribution in [3.8, 4) is 5.75 Å². The van der Waals surface area contributed by atoms with Gasteiger partial charge in [0.2, 0.25) is 0 Å². The fourth-order valence-corrected chi connectivity index (χ4v) is 0.995. The number of nitrogen functional groups attached to an aromatic ring is 1. The smallest absolute Gasteiger partial charge is 0.252 e. The average molecular weight is 166 g/mol. The van der Waals surface area contributed by atoms with Crippen molar-refractivity contribution in [1.82, 2.24) is 0 Å². The molecule has 0 saturated carbocycles. The molecule has 0 heterocycles. The molecule has 0 aliphatic rings. The molecule has 1 aromatic carbocycles. The van der Waals surface area contributed by atoms with Crippen molar-refractivity contribution in [1.29, 1.82) is 0 Å². The van der Waals surface area contributed by atoms with Crippen molar-refractivity contribution in [3.05, 3.63) is 23.3 Å². The number of amides is 1. The van der Waals surface area contributed by atoms with Crippen molar-refractivity contribution in [3.63, 3.8) is 0 Å².